The second-order valence-electron chi connectivity index (χ2n) is 6.41. The van der Waals surface area contributed by atoms with Crippen molar-refractivity contribution in [1.29, 1.82) is 0 Å². The van der Waals surface area contributed by atoms with E-state index in [0.717, 1.165) is 12.1 Å². The highest BCUT2D eigenvalue weighted by atomic mass is 35.5. The summed E-state index contributed by atoms with van der Waals surface area (Å²) in [6, 6.07) is 7.96. The summed E-state index contributed by atoms with van der Waals surface area (Å²) in [5.74, 6) is -2.14. The van der Waals surface area contributed by atoms with E-state index in [1.54, 1.807) is 6.07 Å². The molecule has 1 atom stereocenters. The Morgan fingerprint density at radius 3 is 2.23 bits per heavy atom. The zero-order chi connectivity index (χ0) is 23.1. The summed E-state index contributed by atoms with van der Waals surface area (Å²) in [5, 5.41) is 9.06. The molecule has 0 radical (unpaired) electrons. The van der Waals surface area contributed by atoms with E-state index in [4.69, 9.17) is 34.1 Å². The van der Waals surface area contributed by atoms with E-state index in [0.29, 0.717) is 17.1 Å². The van der Waals surface area contributed by atoms with Crippen LogP contribution in [0.5, 0.6) is 0 Å². The van der Waals surface area contributed by atoms with Crippen LogP contribution < -0.4 is 10.9 Å². The highest BCUT2D eigenvalue weighted by molar-refractivity contribution is 7.89. The van der Waals surface area contributed by atoms with Crippen LogP contribution in [0, 0.1) is 0 Å². The number of nitrogens with two attached hydrogens (primary N) is 2. The predicted octanol–water partition coefficient (Wildman–Crippen LogP) is 3.46. The summed E-state index contributed by atoms with van der Waals surface area (Å²) < 4.78 is 63.8. The molecule has 4 N–H and O–H groups in total. The van der Waals surface area contributed by atoms with Crippen molar-refractivity contribution in [3.05, 3.63) is 75.5 Å². The molecule has 1 heterocycles. The summed E-state index contributed by atoms with van der Waals surface area (Å²) in [4.78, 5) is 11.6. The Morgan fingerprint density at radius 2 is 1.74 bits per heavy atom. The van der Waals surface area contributed by atoms with Gasteiger partial charge < -0.3 is 5.73 Å². The number of carbonyl (C=O) groups is 1. The lowest BCUT2D eigenvalue weighted by Crippen LogP contribution is -2.24. The lowest BCUT2D eigenvalue weighted by molar-refractivity contribution is -0.137. The topological polar surface area (TPSA) is 121 Å². The number of amides is 1. The van der Waals surface area contributed by atoms with Crippen LogP contribution in [0.4, 0.5) is 13.2 Å². The molecule has 0 saturated heterocycles. The van der Waals surface area contributed by atoms with Crippen molar-refractivity contribution in [2.45, 2.75) is 17.0 Å². The average molecular weight is 493 g/mol. The molecule has 3 aromatic rings. The van der Waals surface area contributed by atoms with Gasteiger partial charge >= 0.3 is 6.18 Å². The lowest BCUT2D eigenvalue weighted by atomic mass is 9.90. The van der Waals surface area contributed by atoms with Gasteiger partial charge in [0.05, 0.1) is 23.4 Å². The Labute approximate surface area is 184 Å². The molecule has 7 nitrogen and oxygen atoms in total. The standard InChI is InChI=1S/C18H13Cl2F3N4O3S/c19-11-2-1-3-12(20)16(11)15(17(24)28)9-4-5-13(14(6-9)31(25,29)30)27-8-10(7-26-27)18(21,22)23/h1-8,15H,(H2,24,28)(H2,25,29,30). The number of aromatic nitrogens is 2. The maximum atomic E-state index is 12.9. The number of halogens is 5. The first-order chi connectivity index (χ1) is 14.3. The van der Waals surface area contributed by atoms with E-state index in [-0.39, 0.29) is 26.9 Å². The molecule has 0 fully saturated rings. The number of rotatable bonds is 5. The molecule has 164 valence electrons. The van der Waals surface area contributed by atoms with Gasteiger partial charge in [0.15, 0.2) is 0 Å². The molecular weight excluding hydrogens is 480 g/mol. The van der Waals surface area contributed by atoms with Crippen LogP contribution in [0.25, 0.3) is 5.69 Å². The van der Waals surface area contributed by atoms with Gasteiger partial charge in [-0.1, -0.05) is 35.3 Å². The molecule has 1 aromatic heterocycles. The number of sulfonamides is 1. The lowest BCUT2D eigenvalue weighted by Gasteiger charge is -2.19. The van der Waals surface area contributed by atoms with Crippen LogP contribution in [0.1, 0.15) is 22.6 Å². The molecule has 3 rings (SSSR count). The second kappa shape index (κ2) is 8.15. The Hall–Kier alpha value is -2.60. The Bertz CT molecular complexity index is 1260. The minimum absolute atomic E-state index is 0.0680. The van der Waals surface area contributed by atoms with E-state index in [9.17, 15) is 26.4 Å². The van der Waals surface area contributed by atoms with Crippen molar-refractivity contribution in [3.8, 4) is 5.69 Å². The summed E-state index contributed by atoms with van der Waals surface area (Å²) in [6.07, 6.45) is -3.53. The molecule has 0 aliphatic carbocycles. The fourth-order valence-corrected chi connectivity index (χ4v) is 4.36. The van der Waals surface area contributed by atoms with E-state index >= 15 is 0 Å². The monoisotopic (exact) mass is 492 g/mol. The van der Waals surface area contributed by atoms with Crippen molar-refractivity contribution in [3.63, 3.8) is 0 Å². The van der Waals surface area contributed by atoms with Gasteiger partial charge in [0.2, 0.25) is 15.9 Å². The number of carbonyl (C=O) groups excluding carboxylic acids is 1. The Morgan fingerprint density at radius 1 is 1.13 bits per heavy atom. The molecule has 0 bridgehead atoms. The predicted molar refractivity (Wildman–Crippen MR) is 107 cm³/mol. The highest BCUT2D eigenvalue weighted by Gasteiger charge is 2.33. The summed E-state index contributed by atoms with van der Waals surface area (Å²) >= 11 is 12.3. The smallest absolute Gasteiger partial charge is 0.369 e. The van der Waals surface area contributed by atoms with Gasteiger partial charge in [-0.15, -0.1) is 0 Å². The zero-order valence-electron chi connectivity index (χ0n) is 15.3. The molecule has 13 heteroatoms. The molecule has 0 aliphatic rings. The first-order valence-corrected chi connectivity index (χ1v) is 10.6. The number of hydrogen-bond acceptors (Lipinski definition) is 4. The molecule has 1 amide bonds. The van der Waals surface area contributed by atoms with Crippen molar-refractivity contribution in [1.82, 2.24) is 9.78 Å². The van der Waals surface area contributed by atoms with Crippen LogP contribution in [0.3, 0.4) is 0 Å². The van der Waals surface area contributed by atoms with Gasteiger partial charge in [0.1, 0.15) is 4.90 Å². The van der Waals surface area contributed by atoms with Gasteiger partial charge in [-0.25, -0.2) is 18.2 Å². The average Bonchev–Trinajstić information content (AvgIpc) is 3.14. The second-order valence-corrected chi connectivity index (χ2v) is 8.76. The molecule has 0 saturated carbocycles. The number of primary amides is 1. The number of hydrogen-bond donors (Lipinski definition) is 2. The molecule has 0 spiro atoms. The first-order valence-electron chi connectivity index (χ1n) is 8.33. The quantitative estimate of drug-likeness (QED) is 0.566. The van der Waals surface area contributed by atoms with Crippen molar-refractivity contribution >= 4 is 39.1 Å². The third-order valence-electron chi connectivity index (χ3n) is 4.35. The van der Waals surface area contributed by atoms with Gasteiger partial charge in [-0.3, -0.25) is 4.79 Å². The summed E-state index contributed by atoms with van der Waals surface area (Å²) in [5.41, 5.74) is 4.39. The Kier molecular flexibility index (Phi) is 6.07. The van der Waals surface area contributed by atoms with E-state index in [1.165, 1.54) is 18.2 Å². The maximum absolute atomic E-state index is 12.9. The summed E-state index contributed by atoms with van der Waals surface area (Å²) in [7, 11) is -4.45. The minimum atomic E-state index is -4.68. The Balaban J connectivity index is 2.22. The van der Waals surface area contributed by atoms with Crippen LogP contribution in [0.2, 0.25) is 10.0 Å². The van der Waals surface area contributed by atoms with Crippen LogP contribution in [-0.2, 0) is 21.0 Å². The highest BCUT2D eigenvalue weighted by Crippen LogP contribution is 2.37. The minimum Gasteiger partial charge on any atom is -0.369 e. The molecule has 2 aromatic carbocycles. The van der Waals surface area contributed by atoms with Crippen LogP contribution >= 0.6 is 23.2 Å². The van der Waals surface area contributed by atoms with E-state index in [2.05, 4.69) is 5.10 Å². The largest absolute Gasteiger partial charge is 0.419 e. The van der Waals surface area contributed by atoms with Crippen molar-refractivity contribution in [2.24, 2.45) is 10.9 Å². The van der Waals surface area contributed by atoms with Gasteiger partial charge in [-0.2, -0.15) is 18.3 Å². The normalized spacial score (nSPS) is 13.2. The van der Waals surface area contributed by atoms with E-state index < -0.39 is 38.5 Å². The zero-order valence-corrected chi connectivity index (χ0v) is 17.6. The number of nitrogens with zero attached hydrogens (tertiary/aromatic N) is 2. The number of primary sulfonamides is 1. The first kappa shape index (κ1) is 23.1. The van der Waals surface area contributed by atoms with Gasteiger partial charge in [-0.05, 0) is 29.8 Å². The van der Waals surface area contributed by atoms with Gasteiger partial charge in [0.25, 0.3) is 0 Å². The number of alkyl halides is 3. The van der Waals surface area contributed by atoms with Crippen LogP contribution in [-0.4, -0.2) is 24.1 Å². The fraction of sp³-hybridized carbons (Fsp3) is 0.111. The van der Waals surface area contributed by atoms with Gasteiger partial charge in [0, 0.05) is 21.8 Å². The van der Waals surface area contributed by atoms with Crippen molar-refractivity contribution < 1.29 is 26.4 Å². The fourth-order valence-electron chi connectivity index (χ4n) is 2.99. The third kappa shape index (κ3) is 4.69. The molecular formula is C18H13Cl2F3N4O3S. The maximum Gasteiger partial charge on any atom is 0.419 e. The third-order valence-corrected chi connectivity index (χ3v) is 5.95. The number of benzene rings is 2. The van der Waals surface area contributed by atoms with Crippen LogP contribution in [0.15, 0.2) is 53.7 Å². The SMILES string of the molecule is NC(=O)C(c1ccc(-n2cc(C(F)(F)F)cn2)c(S(N)(=O)=O)c1)c1c(Cl)cccc1Cl. The molecule has 0 aliphatic heterocycles. The van der Waals surface area contributed by atoms with E-state index in [1.807, 2.05) is 0 Å². The molecule has 31 heavy (non-hydrogen) atoms. The summed E-state index contributed by atoms with van der Waals surface area (Å²) in [6.45, 7) is 0. The van der Waals surface area contributed by atoms with Crippen molar-refractivity contribution in [2.75, 3.05) is 0 Å². The molecule has 1 unspecified atom stereocenters.